The molecule has 1 N–H and O–H groups in total. The van der Waals surface area contributed by atoms with Crippen LogP contribution in [0.1, 0.15) is 31.9 Å². The van der Waals surface area contributed by atoms with Gasteiger partial charge in [0.15, 0.2) is 5.82 Å². The van der Waals surface area contributed by atoms with Crippen molar-refractivity contribution >= 4 is 11.5 Å². The molecule has 1 aliphatic heterocycles. The van der Waals surface area contributed by atoms with Crippen LogP contribution in [0.3, 0.4) is 0 Å². The number of aliphatic hydroxyl groups is 1. The van der Waals surface area contributed by atoms with E-state index in [4.69, 9.17) is 4.98 Å². The Morgan fingerprint density at radius 2 is 1.86 bits per heavy atom. The summed E-state index contributed by atoms with van der Waals surface area (Å²) < 4.78 is 0. The number of benzene rings is 1. The van der Waals surface area contributed by atoms with Crippen LogP contribution < -0.4 is 4.90 Å². The average Bonchev–Trinajstić information content (AvgIpc) is 3.19. The van der Waals surface area contributed by atoms with Crippen LogP contribution in [0.25, 0.3) is 11.4 Å². The van der Waals surface area contributed by atoms with Crippen LogP contribution in [0.5, 0.6) is 0 Å². The first kappa shape index (κ1) is 19.7. The molecule has 2 aromatic rings. The number of piperazine rings is 1. The van der Waals surface area contributed by atoms with E-state index >= 15 is 0 Å². The molecule has 0 radical (unpaired) electrons. The lowest BCUT2D eigenvalue weighted by Crippen LogP contribution is -2.52. The molecule has 1 aromatic heterocycles. The number of aromatic nitrogens is 2. The number of rotatable bonds is 5. The predicted octanol–water partition coefficient (Wildman–Crippen LogP) is 2.65. The van der Waals surface area contributed by atoms with Crippen molar-refractivity contribution in [1.82, 2.24) is 14.9 Å². The van der Waals surface area contributed by atoms with Crippen molar-refractivity contribution in [3.05, 3.63) is 46.1 Å². The third-order valence-corrected chi connectivity index (χ3v) is 6.02. The summed E-state index contributed by atoms with van der Waals surface area (Å²) in [6.45, 7) is 5.62. The van der Waals surface area contributed by atoms with Crippen LogP contribution >= 0.6 is 0 Å². The van der Waals surface area contributed by atoms with E-state index in [1.807, 2.05) is 6.07 Å². The molecule has 2 aliphatic rings. The van der Waals surface area contributed by atoms with Gasteiger partial charge in [-0.1, -0.05) is 6.92 Å². The Kier molecular flexibility index (Phi) is 5.73. The summed E-state index contributed by atoms with van der Waals surface area (Å²) in [4.78, 5) is 24.6. The minimum absolute atomic E-state index is 0.0610. The maximum atomic E-state index is 10.9. The fourth-order valence-corrected chi connectivity index (χ4v) is 4.32. The van der Waals surface area contributed by atoms with E-state index in [0.29, 0.717) is 11.9 Å². The molecular formula is C21H27N5O3. The Labute approximate surface area is 170 Å². The molecule has 1 aromatic carbocycles. The van der Waals surface area contributed by atoms with E-state index in [1.165, 1.54) is 12.1 Å². The fraction of sp³-hybridized carbons (Fsp3) is 0.524. The molecular weight excluding hydrogens is 370 g/mol. The van der Waals surface area contributed by atoms with Crippen LogP contribution in [-0.4, -0.2) is 63.2 Å². The highest BCUT2D eigenvalue weighted by atomic mass is 16.6. The maximum absolute atomic E-state index is 10.9. The molecule has 0 spiro atoms. The third-order valence-electron chi connectivity index (χ3n) is 6.02. The number of hydrogen-bond acceptors (Lipinski definition) is 7. The average molecular weight is 397 g/mol. The van der Waals surface area contributed by atoms with Crippen LogP contribution in [0, 0.1) is 10.1 Å². The second-order valence-corrected chi connectivity index (χ2v) is 7.79. The number of nitro benzene ring substituents is 1. The number of aryl methyl sites for hydroxylation is 1. The first-order chi connectivity index (χ1) is 14.0. The van der Waals surface area contributed by atoms with Gasteiger partial charge in [0.1, 0.15) is 5.82 Å². The molecule has 154 valence electrons. The minimum Gasteiger partial charge on any atom is -0.391 e. The SMILES string of the molecule is CCc1cc(N2CCN([C@@H]3CCC[C@H]3O)CC2)nc(-c2ccc([N+](=O)[O-])cc2)n1. The molecule has 0 bridgehead atoms. The highest BCUT2D eigenvalue weighted by Gasteiger charge is 2.32. The summed E-state index contributed by atoms with van der Waals surface area (Å²) in [7, 11) is 0. The van der Waals surface area contributed by atoms with Gasteiger partial charge in [0.05, 0.1) is 11.0 Å². The number of aliphatic hydroxyl groups excluding tert-OH is 1. The lowest BCUT2D eigenvalue weighted by atomic mass is 10.1. The van der Waals surface area contributed by atoms with Crippen LogP contribution in [0.4, 0.5) is 11.5 Å². The van der Waals surface area contributed by atoms with Gasteiger partial charge in [0.2, 0.25) is 0 Å². The van der Waals surface area contributed by atoms with E-state index in [0.717, 1.165) is 68.9 Å². The molecule has 1 saturated heterocycles. The van der Waals surface area contributed by atoms with E-state index in [1.54, 1.807) is 12.1 Å². The fourth-order valence-electron chi connectivity index (χ4n) is 4.32. The van der Waals surface area contributed by atoms with Gasteiger partial charge in [0.25, 0.3) is 5.69 Å². The summed E-state index contributed by atoms with van der Waals surface area (Å²) in [6, 6.07) is 8.72. The second-order valence-electron chi connectivity index (χ2n) is 7.79. The highest BCUT2D eigenvalue weighted by molar-refractivity contribution is 5.60. The van der Waals surface area contributed by atoms with Crippen LogP contribution in [0.15, 0.2) is 30.3 Å². The lowest BCUT2D eigenvalue weighted by molar-refractivity contribution is -0.384. The van der Waals surface area contributed by atoms with Gasteiger partial charge in [-0.2, -0.15) is 0 Å². The van der Waals surface area contributed by atoms with Crippen molar-refractivity contribution in [1.29, 1.82) is 0 Å². The number of nitro groups is 1. The Morgan fingerprint density at radius 3 is 2.45 bits per heavy atom. The lowest BCUT2D eigenvalue weighted by Gasteiger charge is -2.39. The first-order valence-corrected chi connectivity index (χ1v) is 10.3. The number of anilines is 1. The van der Waals surface area contributed by atoms with Crippen molar-refractivity contribution in [2.24, 2.45) is 0 Å². The van der Waals surface area contributed by atoms with Gasteiger partial charge in [-0.3, -0.25) is 15.0 Å². The Hall–Kier alpha value is -2.58. The normalized spacial score (nSPS) is 22.8. The zero-order valence-electron chi connectivity index (χ0n) is 16.7. The summed E-state index contributed by atoms with van der Waals surface area (Å²) in [6.07, 6.45) is 3.70. The standard InChI is InChI=1S/C21H27N5O3/c1-2-16-14-20(23-21(22-16)15-6-8-17(9-7-15)26(28)29)25-12-10-24(11-13-25)18-4-3-5-19(18)27/h6-9,14,18-19,27H,2-5,10-13H2,1H3/t18-,19-/m1/s1. The Morgan fingerprint density at radius 1 is 1.14 bits per heavy atom. The van der Waals surface area contributed by atoms with Crippen molar-refractivity contribution in [2.75, 3.05) is 31.1 Å². The van der Waals surface area contributed by atoms with E-state index < -0.39 is 4.92 Å². The zero-order valence-corrected chi connectivity index (χ0v) is 16.7. The van der Waals surface area contributed by atoms with Crippen molar-refractivity contribution in [3.63, 3.8) is 0 Å². The second kappa shape index (κ2) is 8.42. The summed E-state index contributed by atoms with van der Waals surface area (Å²) >= 11 is 0. The monoisotopic (exact) mass is 397 g/mol. The maximum Gasteiger partial charge on any atom is 0.269 e. The van der Waals surface area contributed by atoms with Crippen LogP contribution in [-0.2, 0) is 6.42 Å². The van der Waals surface area contributed by atoms with Gasteiger partial charge in [-0.25, -0.2) is 9.97 Å². The summed E-state index contributed by atoms with van der Waals surface area (Å²) in [5.41, 5.74) is 1.79. The molecule has 8 nitrogen and oxygen atoms in total. The van der Waals surface area contributed by atoms with E-state index in [2.05, 4.69) is 21.7 Å². The Balaban J connectivity index is 1.52. The predicted molar refractivity (Wildman–Crippen MR) is 111 cm³/mol. The smallest absolute Gasteiger partial charge is 0.269 e. The zero-order chi connectivity index (χ0) is 20.4. The van der Waals surface area contributed by atoms with Crippen molar-refractivity contribution in [2.45, 2.75) is 44.8 Å². The quantitative estimate of drug-likeness (QED) is 0.612. The minimum atomic E-state index is -0.403. The molecule has 4 rings (SSSR count). The van der Waals surface area contributed by atoms with Gasteiger partial charge >= 0.3 is 0 Å². The van der Waals surface area contributed by atoms with Crippen LogP contribution in [0.2, 0.25) is 0 Å². The van der Waals surface area contributed by atoms with E-state index in [-0.39, 0.29) is 11.8 Å². The number of non-ortho nitro benzene ring substituents is 1. The molecule has 2 heterocycles. The third kappa shape index (κ3) is 4.23. The highest BCUT2D eigenvalue weighted by Crippen LogP contribution is 2.27. The van der Waals surface area contributed by atoms with E-state index in [9.17, 15) is 15.2 Å². The van der Waals surface area contributed by atoms with Crippen molar-refractivity contribution in [3.8, 4) is 11.4 Å². The molecule has 1 aliphatic carbocycles. The number of hydrogen-bond donors (Lipinski definition) is 1. The van der Waals surface area contributed by atoms with Gasteiger partial charge in [-0.15, -0.1) is 0 Å². The van der Waals surface area contributed by atoms with Gasteiger partial charge in [-0.05, 0) is 37.8 Å². The number of nitrogens with zero attached hydrogens (tertiary/aromatic N) is 5. The van der Waals surface area contributed by atoms with Crippen molar-refractivity contribution < 1.29 is 10.0 Å². The molecule has 2 fully saturated rings. The topological polar surface area (TPSA) is 95.6 Å². The molecule has 29 heavy (non-hydrogen) atoms. The largest absolute Gasteiger partial charge is 0.391 e. The summed E-state index contributed by atoms with van der Waals surface area (Å²) in [5, 5.41) is 21.1. The first-order valence-electron chi connectivity index (χ1n) is 10.3. The summed E-state index contributed by atoms with van der Waals surface area (Å²) in [5.74, 6) is 1.50. The molecule has 2 atom stereocenters. The van der Waals surface area contributed by atoms with Gasteiger partial charge < -0.3 is 10.0 Å². The molecule has 1 saturated carbocycles. The molecule has 8 heteroatoms. The van der Waals surface area contributed by atoms with Gasteiger partial charge in [0, 0.05) is 61.7 Å². The Bertz CT molecular complexity index is 865. The molecule has 0 amide bonds. The molecule has 0 unspecified atom stereocenters.